The van der Waals surface area contributed by atoms with Gasteiger partial charge in [-0.1, -0.05) is 18.5 Å². The Hall–Kier alpha value is 0.0300. The third kappa shape index (κ3) is 4.03. The number of rotatable bonds is 1. The molecule has 0 N–H and O–H groups in total. The van der Waals surface area contributed by atoms with Crippen LogP contribution in [0.4, 0.5) is 0 Å². The number of halogens is 1. The van der Waals surface area contributed by atoms with Crippen molar-refractivity contribution in [3.8, 4) is 0 Å². The largest absolute Gasteiger partial charge is 0.0926 e. The minimum absolute atomic E-state index is 0.906. The maximum absolute atomic E-state index is 5.07. The lowest BCUT2D eigenvalue weighted by Gasteiger charge is -1.61. The first kappa shape index (κ1) is 5.03. The summed E-state index contributed by atoms with van der Waals surface area (Å²) in [7, 11) is 0. The van der Waals surface area contributed by atoms with Crippen molar-refractivity contribution in [3.05, 3.63) is 11.6 Å². The van der Waals surface area contributed by atoms with Gasteiger partial charge in [-0.2, -0.15) is 0 Å². The van der Waals surface area contributed by atoms with Gasteiger partial charge in [0.2, 0.25) is 0 Å². The first-order valence-corrected chi connectivity index (χ1v) is 2.00. The molecule has 0 nitrogen and oxygen atoms in total. The average Bonchev–Trinajstić information content (AvgIpc) is 1.41. The predicted octanol–water partition coefficient (Wildman–Crippen LogP) is 1.95. The molecule has 29 valence electrons. The molecule has 0 aliphatic heterocycles. The SMILES string of the molecule is CC/[C]=C\Cl. The fourth-order valence-corrected chi connectivity index (χ4v) is 0.231. The van der Waals surface area contributed by atoms with Gasteiger partial charge in [0, 0.05) is 5.54 Å². The van der Waals surface area contributed by atoms with E-state index in [1.165, 1.54) is 5.54 Å². The fourth-order valence-electron chi connectivity index (χ4n) is 0.0772. The molecule has 0 rings (SSSR count). The van der Waals surface area contributed by atoms with E-state index in [0.717, 1.165) is 6.42 Å². The summed E-state index contributed by atoms with van der Waals surface area (Å²) in [6.07, 6.45) is 3.66. The molecule has 1 heteroatoms. The van der Waals surface area contributed by atoms with Crippen molar-refractivity contribution in [2.75, 3.05) is 0 Å². The van der Waals surface area contributed by atoms with Crippen molar-refractivity contribution < 1.29 is 0 Å². The number of allylic oxidation sites excluding steroid dienone is 1. The Balaban J connectivity index is 2.62. The van der Waals surface area contributed by atoms with Gasteiger partial charge in [0.15, 0.2) is 0 Å². The van der Waals surface area contributed by atoms with Gasteiger partial charge in [-0.05, 0) is 12.5 Å². The molecule has 0 amide bonds. The van der Waals surface area contributed by atoms with Crippen LogP contribution in [0.5, 0.6) is 0 Å². The van der Waals surface area contributed by atoms with Crippen molar-refractivity contribution in [1.82, 2.24) is 0 Å². The molecule has 0 heterocycles. The fraction of sp³-hybridized carbons (Fsp3) is 0.500. The van der Waals surface area contributed by atoms with Crippen LogP contribution in [0.15, 0.2) is 5.54 Å². The average molecular weight is 89.5 g/mol. The van der Waals surface area contributed by atoms with Crippen LogP contribution in [-0.2, 0) is 0 Å². The molecule has 0 bridgehead atoms. The highest BCUT2D eigenvalue weighted by atomic mass is 35.5. The second-order valence-corrected chi connectivity index (χ2v) is 0.885. The summed E-state index contributed by atoms with van der Waals surface area (Å²) >= 11 is 5.07. The van der Waals surface area contributed by atoms with Gasteiger partial charge in [-0.15, -0.1) is 0 Å². The van der Waals surface area contributed by atoms with E-state index in [4.69, 9.17) is 11.6 Å². The van der Waals surface area contributed by atoms with E-state index in [1.54, 1.807) is 0 Å². The molecule has 0 aromatic heterocycles. The normalized spacial score (nSPS) is 10.0. The molecule has 0 spiro atoms. The molecule has 1 radical (unpaired) electrons. The van der Waals surface area contributed by atoms with Gasteiger partial charge in [0.05, 0.1) is 0 Å². The van der Waals surface area contributed by atoms with Gasteiger partial charge in [-0.25, -0.2) is 0 Å². The van der Waals surface area contributed by atoms with E-state index in [0.29, 0.717) is 0 Å². The topological polar surface area (TPSA) is 0 Å². The van der Waals surface area contributed by atoms with Crippen molar-refractivity contribution in [3.63, 3.8) is 0 Å². The van der Waals surface area contributed by atoms with Gasteiger partial charge >= 0.3 is 0 Å². The Morgan fingerprint density at radius 2 is 2.60 bits per heavy atom. The van der Waals surface area contributed by atoms with Gasteiger partial charge in [-0.3, -0.25) is 0 Å². The van der Waals surface area contributed by atoms with E-state index in [9.17, 15) is 0 Å². The molecular formula is C4H6Cl. The molecule has 0 atom stereocenters. The van der Waals surface area contributed by atoms with Crippen LogP contribution in [0.25, 0.3) is 0 Å². The second kappa shape index (κ2) is 4.03. The summed E-state index contributed by atoms with van der Waals surface area (Å²) in [5, 5.41) is 0. The lowest BCUT2D eigenvalue weighted by Crippen LogP contribution is -1.43. The zero-order valence-electron chi connectivity index (χ0n) is 3.16. The molecule has 0 saturated carbocycles. The molecule has 0 fully saturated rings. The Morgan fingerprint density at radius 1 is 2.00 bits per heavy atom. The summed E-state index contributed by atoms with van der Waals surface area (Å²) in [4.78, 5) is 0. The van der Waals surface area contributed by atoms with Gasteiger partial charge < -0.3 is 0 Å². The molecule has 0 unspecified atom stereocenters. The first-order valence-electron chi connectivity index (χ1n) is 1.57. The maximum atomic E-state index is 5.07. The van der Waals surface area contributed by atoms with E-state index in [2.05, 4.69) is 6.08 Å². The van der Waals surface area contributed by atoms with Crippen molar-refractivity contribution in [1.29, 1.82) is 0 Å². The van der Waals surface area contributed by atoms with Crippen LogP contribution >= 0.6 is 11.6 Å². The van der Waals surface area contributed by atoms with Crippen LogP contribution in [0.1, 0.15) is 13.3 Å². The summed E-state index contributed by atoms with van der Waals surface area (Å²) < 4.78 is 0. The summed E-state index contributed by atoms with van der Waals surface area (Å²) in [6, 6.07) is 0. The highest BCUT2D eigenvalue weighted by molar-refractivity contribution is 6.25. The van der Waals surface area contributed by atoms with E-state index in [1.807, 2.05) is 6.92 Å². The molecule has 0 aliphatic carbocycles. The second-order valence-electron chi connectivity index (χ2n) is 0.667. The lowest BCUT2D eigenvalue weighted by molar-refractivity contribution is 1.19. The highest BCUT2D eigenvalue weighted by Gasteiger charge is 1.55. The van der Waals surface area contributed by atoms with Crippen LogP contribution in [0, 0.1) is 6.08 Å². The highest BCUT2D eigenvalue weighted by Crippen LogP contribution is 1.78. The van der Waals surface area contributed by atoms with Crippen molar-refractivity contribution in [2.45, 2.75) is 13.3 Å². The lowest BCUT2D eigenvalue weighted by atomic mass is 10.5. The number of hydrogen-bond acceptors (Lipinski definition) is 0. The van der Waals surface area contributed by atoms with Crippen LogP contribution in [0.2, 0.25) is 0 Å². The maximum Gasteiger partial charge on any atom is 0.00775 e. The van der Waals surface area contributed by atoms with Crippen LogP contribution in [-0.4, -0.2) is 0 Å². The Morgan fingerprint density at radius 3 is 2.60 bits per heavy atom. The van der Waals surface area contributed by atoms with Crippen LogP contribution < -0.4 is 0 Å². The summed E-state index contributed by atoms with van der Waals surface area (Å²) in [5.74, 6) is 0. The quantitative estimate of drug-likeness (QED) is 0.461. The molecule has 0 aliphatic rings. The first-order chi connectivity index (χ1) is 2.41. The molecule has 5 heavy (non-hydrogen) atoms. The smallest absolute Gasteiger partial charge is 0.00775 e. The summed E-state index contributed by atoms with van der Waals surface area (Å²) in [5.41, 5.74) is 1.40. The van der Waals surface area contributed by atoms with E-state index in [-0.39, 0.29) is 0 Å². The van der Waals surface area contributed by atoms with Crippen molar-refractivity contribution in [2.24, 2.45) is 0 Å². The number of hydrogen-bond donors (Lipinski definition) is 0. The molecule has 0 aromatic carbocycles. The third-order valence-electron chi connectivity index (χ3n) is 0.281. The third-order valence-corrected chi connectivity index (χ3v) is 0.436. The van der Waals surface area contributed by atoms with Gasteiger partial charge in [0.25, 0.3) is 0 Å². The predicted molar refractivity (Wildman–Crippen MR) is 24.0 cm³/mol. The van der Waals surface area contributed by atoms with Crippen molar-refractivity contribution >= 4 is 11.6 Å². The Kier molecular flexibility index (Phi) is 4.05. The van der Waals surface area contributed by atoms with E-state index < -0.39 is 0 Å². The molecule has 0 aromatic rings. The van der Waals surface area contributed by atoms with Gasteiger partial charge in [0.1, 0.15) is 0 Å². The summed E-state index contributed by atoms with van der Waals surface area (Å²) in [6.45, 7) is 1.98. The Bertz CT molecular complexity index is 30.6. The monoisotopic (exact) mass is 89.0 g/mol. The zero-order valence-corrected chi connectivity index (χ0v) is 3.92. The molecular weight excluding hydrogens is 83.5 g/mol. The van der Waals surface area contributed by atoms with E-state index >= 15 is 0 Å². The minimum atomic E-state index is 0.906. The standard InChI is InChI=1S/C4H6Cl/c1-2-3-4-5/h4H,2H2,1H3. The Labute approximate surface area is 37.4 Å². The molecule has 0 saturated heterocycles. The van der Waals surface area contributed by atoms with Crippen LogP contribution in [0.3, 0.4) is 0 Å². The minimum Gasteiger partial charge on any atom is -0.0926 e. The zero-order chi connectivity index (χ0) is 4.12.